The summed E-state index contributed by atoms with van der Waals surface area (Å²) in [5, 5.41) is 11.8. The zero-order chi connectivity index (χ0) is 18.0. The average Bonchev–Trinajstić information content (AvgIpc) is 3.08. The van der Waals surface area contributed by atoms with Crippen LogP contribution >= 0.6 is 0 Å². The van der Waals surface area contributed by atoms with Gasteiger partial charge < -0.3 is 10.4 Å². The second-order valence-electron chi connectivity index (χ2n) is 6.23. The van der Waals surface area contributed by atoms with E-state index in [0.29, 0.717) is 36.1 Å². The lowest BCUT2D eigenvalue weighted by Crippen LogP contribution is -2.22. The standard InChI is InChI=1S/C19H17F2NO3/c20-14-5-3-11(4-6-14)16-10-15(21)7-8-17(16)22-18(23)12-1-2-13(9-12)19(24)25/h3-8,10,12-13H,1-2,9H2,(H,22,23)(H,24,25)/t12-,13+/m0/s1. The predicted molar refractivity (Wildman–Crippen MR) is 88.9 cm³/mol. The molecule has 4 nitrogen and oxygen atoms in total. The third-order valence-electron chi connectivity index (χ3n) is 4.55. The van der Waals surface area contributed by atoms with E-state index < -0.39 is 23.5 Å². The van der Waals surface area contributed by atoms with Crippen molar-refractivity contribution in [1.82, 2.24) is 0 Å². The maximum Gasteiger partial charge on any atom is 0.306 e. The quantitative estimate of drug-likeness (QED) is 0.878. The molecule has 1 aliphatic rings. The first-order valence-electron chi connectivity index (χ1n) is 8.03. The van der Waals surface area contributed by atoms with Gasteiger partial charge in [0, 0.05) is 17.2 Å². The average molecular weight is 345 g/mol. The molecule has 0 spiro atoms. The molecule has 6 heteroatoms. The van der Waals surface area contributed by atoms with Crippen molar-refractivity contribution in [2.75, 3.05) is 5.32 Å². The Kier molecular flexibility index (Phi) is 4.79. The van der Waals surface area contributed by atoms with Crippen LogP contribution in [0.3, 0.4) is 0 Å². The molecule has 0 heterocycles. The molecule has 0 aromatic heterocycles. The third-order valence-corrected chi connectivity index (χ3v) is 4.55. The minimum atomic E-state index is -0.885. The van der Waals surface area contributed by atoms with Gasteiger partial charge in [0.25, 0.3) is 0 Å². The first-order valence-corrected chi connectivity index (χ1v) is 8.03. The van der Waals surface area contributed by atoms with Crippen LogP contribution in [0, 0.1) is 23.5 Å². The van der Waals surface area contributed by atoms with Crippen LogP contribution in [0.4, 0.5) is 14.5 Å². The summed E-state index contributed by atoms with van der Waals surface area (Å²) in [5.74, 6) is -2.92. The third kappa shape index (κ3) is 3.84. The van der Waals surface area contributed by atoms with E-state index in [1.807, 2.05) is 0 Å². The van der Waals surface area contributed by atoms with E-state index in [4.69, 9.17) is 5.11 Å². The van der Waals surface area contributed by atoms with Gasteiger partial charge in [-0.1, -0.05) is 12.1 Å². The summed E-state index contributed by atoms with van der Waals surface area (Å²) >= 11 is 0. The zero-order valence-corrected chi connectivity index (χ0v) is 13.3. The number of hydrogen-bond donors (Lipinski definition) is 2. The molecule has 0 aliphatic heterocycles. The lowest BCUT2D eigenvalue weighted by atomic mass is 10.0. The van der Waals surface area contributed by atoms with Gasteiger partial charge in [-0.05, 0) is 55.2 Å². The number of amides is 1. The number of carboxylic acid groups (broad SMARTS) is 1. The Hall–Kier alpha value is -2.76. The number of aliphatic carboxylic acids is 1. The molecule has 1 aliphatic carbocycles. The van der Waals surface area contributed by atoms with Crippen LogP contribution in [0.15, 0.2) is 42.5 Å². The molecule has 0 unspecified atom stereocenters. The molecule has 2 N–H and O–H groups in total. The van der Waals surface area contributed by atoms with Gasteiger partial charge in [0.05, 0.1) is 5.92 Å². The molecule has 0 bridgehead atoms. The summed E-state index contributed by atoms with van der Waals surface area (Å²) in [6, 6.07) is 9.51. The fourth-order valence-electron chi connectivity index (χ4n) is 3.17. The second-order valence-corrected chi connectivity index (χ2v) is 6.23. The smallest absolute Gasteiger partial charge is 0.306 e. The molecule has 3 rings (SSSR count). The van der Waals surface area contributed by atoms with Crippen LogP contribution in [-0.4, -0.2) is 17.0 Å². The van der Waals surface area contributed by atoms with E-state index in [1.54, 1.807) is 0 Å². The van der Waals surface area contributed by atoms with E-state index in [-0.39, 0.29) is 11.8 Å². The van der Waals surface area contributed by atoms with Crippen molar-refractivity contribution in [1.29, 1.82) is 0 Å². The number of nitrogens with one attached hydrogen (secondary N) is 1. The highest BCUT2D eigenvalue weighted by atomic mass is 19.1. The first kappa shape index (κ1) is 17.1. The Labute approximate surface area is 143 Å². The number of anilines is 1. The van der Waals surface area contributed by atoms with Crippen LogP contribution in [0.2, 0.25) is 0 Å². The molecule has 1 saturated carbocycles. The minimum absolute atomic E-state index is 0.279. The van der Waals surface area contributed by atoms with Crippen LogP contribution in [0.5, 0.6) is 0 Å². The molecule has 0 radical (unpaired) electrons. The molecule has 2 aromatic rings. The molecule has 25 heavy (non-hydrogen) atoms. The van der Waals surface area contributed by atoms with Crippen molar-refractivity contribution in [3.8, 4) is 11.1 Å². The van der Waals surface area contributed by atoms with E-state index >= 15 is 0 Å². The largest absolute Gasteiger partial charge is 0.481 e. The van der Waals surface area contributed by atoms with Gasteiger partial charge in [0.15, 0.2) is 0 Å². The maximum absolute atomic E-state index is 13.6. The van der Waals surface area contributed by atoms with Gasteiger partial charge in [0.2, 0.25) is 5.91 Å². The highest BCUT2D eigenvalue weighted by Gasteiger charge is 2.34. The molecule has 0 saturated heterocycles. The van der Waals surface area contributed by atoms with Gasteiger partial charge in [-0.25, -0.2) is 8.78 Å². The monoisotopic (exact) mass is 345 g/mol. The van der Waals surface area contributed by atoms with Crippen molar-refractivity contribution in [3.05, 3.63) is 54.1 Å². The van der Waals surface area contributed by atoms with E-state index in [2.05, 4.69) is 5.32 Å². The van der Waals surface area contributed by atoms with Crippen LogP contribution < -0.4 is 5.32 Å². The van der Waals surface area contributed by atoms with E-state index in [0.717, 1.165) is 0 Å². The Balaban J connectivity index is 1.82. The lowest BCUT2D eigenvalue weighted by Gasteiger charge is -2.15. The fourth-order valence-corrected chi connectivity index (χ4v) is 3.17. The minimum Gasteiger partial charge on any atom is -0.481 e. The predicted octanol–water partition coefficient (Wildman–Crippen LogP) is 4.07. The van der Waals surface area contributed by atoms with Crippen molar-refractivity contribution in [3.63, 3.8) is 0 Å². The lowest BCUT2D eigenvalue weighted by molar-refractivity contribution is -0.141. The molecule has 1 fully saturated rings. The van der Waals surface area contributed by atoms with E-state index in [1.165, 1.54) is 42.5 Å². The van der Waals surface area contributed by atoms with Gasteiger partial charge in [-0.15, -0.1) is 0 Å². The van der Waals surface area contributed by atoms with Crippen LogP contribution in [0.1, 0.15) is 19.3 Å². The van der Waals surface area contributed by atoms with Gasteiger partial charge >= 0.3 is 5.97 Å². The summed E-state index contributed by atoms with van der Waals surface area (Å²) in [5.41, 5.74) is 1.43. The topological polar surface area (TPSA) is 66.4 Å². The molecule has 130 valence electrons. The Morgan fingerprint density at radius 2 is 1.60 bits per heavy atom. The van der Waals surface area contributed by atoms with Crippen molar-refractivity contribution in [2.24, 2.45) is 11.8 Å². The molecule has 2 aromatic carbocycles. The summed E-state index contributed by atoms with van der Waals surface area (Å²) < 4.78 is 26.7. The van der Waals surface area contributed by atoms with Crippen molar-refractivity contribution in [2.45, 2.75) is 19.3 Å². The van der Waals surface area contributed by atoms with Crippen molar-refractivity contribution >= 4 is 17.6 Å². The van der Waals surface area contributed by atoms with Gasteiger partial charge in [-0.3, -0.25) is 9.59 Å². The first-order chi connectivity index (χ1) is 11.9. The van der Waals surface area contributed by atoms with Crippen LogP contribution in [0.25, 0.3) is 11.1 Å². The molecule has 1 amide bonds. The maximum atomic E-state index is 13.6. The van der Waals surface area contributed by atoms with Crippen molar-refractivity contribution < 1.29 is 23.5 Å². The number of rotatable bonds is 4. The number of carboxylic acids is 1. The SMILES string of the molecule is O=C(O)[C@@H]1CC[C@H](C(=O)Nc2ccc(F)cc2-c2ccc(F)cc2)C1. The Bertz CT molecular complexity index is 805. The molecular formula is C19H17F2NO3. The zero-order valence-electron chi connectivity index (χ0n) is 13.3. The van der Waals surface area contributed by atoms with Gasteiger partial charge in [-0.2, -0.15) is 0 Å². The van der Waals surface area contributed by atoms with Crippen LogP contribution in [-0.2, 0) is 9.59 Å². The summed E-state index contributed by atoms with van der Waals surface area (Å²) in [4.78, 5) is 23.5. The number of hydrogen-bond acceptors (Lipinski definition) is 2. The number of carbonyl (C=O) groups is 2. The summed E-state index contributed by atoms with van der Waals surface area (Å²) in [6.07, 6.45) is 1.28. The number of halogens is 2. The Morgan fingerprint density at radius 3 is 2.24 bits per heavy atom. The Morgan fingerprint density at radius 1 is 0.960 bits per heavy atom. The summed E-state index contributed by atoms with van der Waals surface area (Å²) in [7, 11) is 0. The number of carbonyl (C=O) groups excluding carboxylic acids is 1. The fraction of sp³-hybridized carbons (Fsp3) is 0.263. The highest BCUT2D eigenvalue weighted by molar-refractivity contribution is 5.97. The normalized spacial score (nSPS) is 19.6. The van der Waals surface area contributed by atoms with E-state index in [9.17, 15) is 18.4 Å². The second kappa shape index (κ2) is 7.01. The molecule has 2 atom stereocenters. The number of benzene rings is 2. The molecular weight excluding hydrogens is 328 g/mol. The van der Waals surface area contributed by atoms with Gasteiger partial charge in [0.1, 0.15) is 11.6 Å². The highest BCUT2D eigenvalue weighted by Crippen LogP contribution is 2.34. The summed E-state index contributed by atoms with van der Waals surface area (Å²) in [6.45, 7) is 0.